The molecule has 0 radical (unpaired) electrons. The summed E-state index contributed by atoms with van der Waals surface area (Å²) >= 11 is 0. The molecule has 3 aliphatic rings. The predicted octanol–water partition coefficient (Wildman–Crippen LogP) is 2.78. The number of guanidine groups is 1. The number of carbonyl (C=O) groups is 4. The summed E-state index contributed by atoms with van der Waals surface area (Å²) in [5.74, 6) is -3.52. The molecule has 360 valence electrons. The number of hydrogen-bond acceptors (Lipinski definition) is 11. The van der Waals surface area contributed by atoms with Gasteiger partial charge < -0.3 is 58.3 Å². The fourth-order valence-electron chi connectivity index (χ4n) is 9.33. The van der Waals surface area contributed by atoms with Crippen LogP contribution in [0.25, 0.3) is 0 Å². The summed E-state index contributed by atoms with van der Waals surface area (Å²) in [5, 5.41) is 48.3. The average molecular weight is 915 g/mol. The molecule has 3 aromatic rings. The normalized spacial score (nSPS) is 19.8. The molecular formula is C49H70N8O9. The van der Waals surface area contributed by atoms with Crippen LogP contribution in [-0.2, 0) is 51.5 Å². The molecule has 3 aromatic carbocycles. The Morgan fingerprint density at radius 3 is 1.45 bits per heavy atom. The van der Waals surface area contributed by atoms with Crippen LogP contribution >= 0.6 is 0 Å². The third-order valence-corrected chi connectivity index (χ3v) is 13.0. The Bertz CT molecular complexity index is 1970. The largest absolute Gasteiger partial charge is 0.492 e. The molecule has 3 heterocycles. The summed E-state index contributed by atoms with van der Waals surface area (Å²) in [6.45, 7) is 7.41. The molecule has 0 saturated carbocycles. The first-order valence-corrected chi connectivity index (χ1v) is 23.2. The second kappa shape index (κ2) is 26.5. The number of aliphatic imine (C=N–C) groups is 1. The highest BCUT2D eigenvalue weighted by atomic mass is 16.5. The van der Waals surface area contributed by atoms with Gasteiger partial charge in [0.25, 0.3) is 0 Å². The van der Waals surface area contributed by atoms with Crippen LogP contribution in [-0.4, -0.2) is 120 Å². The van der Waals surface area contributed by atoms with E-state index in [-0.39, 0.29) is 23.7 Å². The molecule has 6 rings (SSSR count). The third-order valence-electron chi connectivity index (χ3n) is 13.0. The zero-order chi connectivity index (χ0) is 47.4. The van der Waals surface area contributed by atoms with Gasteiger partial charge in [-0.05, 0) is 148 Å². The molecule has 66 heavy (non-hydrogen) atoms. The molecule has 0 bridgehead atoms. The van der Waals surface area contributed by atoms with E-state index in [4.69, 9.17) is 27.0 Å². The van der Waals surface area contributed by atoms with Crippen molar-refractivity contribution in [3.05, 3.63) is 101 Å². The lowest BCUT2D eigenvalue weighted by atomic mass is 9.86. The van der Waals surface area contributed by atoms with Gasteiger partial charge in [0.2, 0.25) is 0 Å². The summed E-state index contributed by atoms with van der Waals surface area (Å²) in [6.07, 6.45) is 4.99. The van der Waals surface area contributed by atoms with Crippen LogP contribution in [0.5, 0.6) is 5.75 Å². The summed E-state index contributed by atoms with van der Waals surface area (Å²) in [4.78, 5) is 52.8. The highest BCUT2D eigenvalue weighted by Gasteiger charge is 2.33. The molecule has 0 amide bonds. The van der Waals surface area contributed by atoms with Crippen molar-refractivity contribution in [3.63, 3.8) is 0 Å². The number of nitrogens with zero attached hydrogens (tertiary/aromatic N) is 2. The molecule has 3 fully saturated rings. The molecular weight excluding hydrogens is 845 g/mol. The van der Waals surface area contributed by atoms with Crippen LogP contribution in [0.2, 0.25) is 0 Å². The van der Waals surface area contributed by atoms with Gasteiger partial charge in [-0.3, -0.25) is 29.1 Å². The van der Waals surface area contributed by atoms with E-state index < -0.39 is 47.7 Å². The number of ether oxygens (including phenoxy) is 1. The second-order valence-corrected chi connectivity index (χ2v) is 17.9. The van der Waals surface area contributed by atoms with Gasteiger partial charge in [0.15, 0.2) is 5.96 Å². The number of carboxylic acids is 4. The third kappa shape index (κ3) is 17.0. The van der Waals surface area contributed by atoms with Crippen molar-refractivity contribution in [3.8, 4) is 5.75 Å². The molecule has 3 aliphatic heterocycles. The Hall–Kier alpha value is -5.59. The number of nitrogens with two attached hydrogens (primary N) is 3. The fourth-order valence-corrected chi connectivity index (χ4v) is 9.33. The van der Waals surface area contributed by atoms with Crippen molar-refractivity contribution in [2.24, 2.45) is 57.7 Å². The molecule has 0 unspecified atom stereocenters. The Labute approximate surface area is 387 Å². The van der Waals surface area contributed by atoms with Crippen LogP contribution in [0.1, 0.15) is 59.9 Å². The van der Waals surface area contributed by atoms with Gasteiger partial charge in [-0.15, -0.1) is 0 Å². The first-order chi connectivity index (χ1) is 31.7. The summed E-state index contributed by atoms with van der Waals surface area (Å²) in [5.41, 5.74) is 20.5. The number of benzene rings is 3. The summed E-state index contributed by atoms with van der Waals surface area (Å²) < 4.78 is 6.30. The average Bonchev–Trinajstić information content (AvgIpc) is 4.12. The maximum absolute atomic E-state index is 12.2. The molecule has 0 spiro atoms. The minimum absolute atomic E-state index is 0.0129. The highest BCUT2D eigenvalue weighted by molar-refractivity contribution is 5.75. The van der Waals surface area contributed by atoms with E-state index in [1.807, 2.05) is 48.5 Å². The Kier molecular flexibility index (Phi) is 20.7. The first-order valence-electron chi connectivity index (χ1n) is 23.2. The van der Waals surface area contributed by atoms with Crippen molar-refractivity contribution >= 4 is 29.8 Å². The van der Waals surface area contributed by atoms with Crippen molar-refractivity contribution in [2.75, 3.05) is 59.0 Å². The summed E-state index contributed by atoms with van der Waals surface area (Å²) in [7, 11) is 0. The lowest BCUT2D eigenvalue weighted by molar-refractivity contribution is -0.144. The van der Waals surface area contributed by atoms with Gasteiger partial charge in [0, 0.05) is 26.2 Å². The van der Waals surface area contributed by atoms with E-state index >= 15 is 0 Å². The zero-order valence-corrected chi connectivity index (χ0v) is 37.9. The van der Waals surface area contributed by atoms with Crippen molar-refractivity contribution in [1.29, 1.82) is 0 Å². The van der Waals surface area contributed by atoms with E-state index in [2.05, 4.69) is 50.1 Å². The first kappa shape index (κ1) is 51.4. The molecule has 0 aromatic heterocycles. The maximum atomic E-state index is 12.2. The predicted molar refractivity (Wildman–Crippen MR) is 252 cm³/mol. The van der Waals surface area contributed by atoms with E-state index in [1.54, 1.807) is 0 Å². The molecule has 7 atom stereocenters. The standard InChI is InChI=1S/C43H56N4O7.C6H14N4O2/c48-41(49)38(34-10-13-44-24-34)21-29-4-1-7-32(18-29)27-47(28-33-8-2-5-30(19-33)22-39(42(50)51)35-11-14-45-25-35)16-17-54-37-9-3-6-31(20-37)23-40(43(52)53)36-12-15-46-26-36;7-4(5(11)12)2-1-3-10-6(8)9/h1-9,18-20,34-36,38-40,44-46H,10-17,21-28H2,(H,48,49)(H,50,51)(H,52,53);4H,1-3,7H2,(H,11,12)(H4,8,9,10)/t34-,35-,36-,38-,39-,40-;4-/m00/s1. The highest BCUT2D eigenvalue weighted by Crippen LogP contribution is 2.28. The number of rotatable bonds is 25. The quantitative estimate of drug-likeness (QED) is 0.0332. The van der Waals surface area contributed by atoms with Crippen LogP contribution in [0, 0.1) is 35.5 Å². The smallest absolute Gasteiger partial charge is 0.320 e. The lowest BCUT2D eigenvalue weighted by Crippen LogP contribution is -2.30. The summed E-state index contributed by atoms with van der Waals surface area (Å²) in [6, 6.07) is 23.4. The van der Waals surface area contributed by atoms with Gasteiger partial charge in [0.05, 0.1) is 17.8 Å². The van der Waals surface area contributed by atoms with Crippen LogP contribution in [0.3, 0.4) is 0 Å². The number of aliphatic carboxylic acids is 4. The van der Waals surface area contributed by atoms with Gasteiger partial charge in [-0.25, -0.2) is 0 Å². The number of nitrogens with one attached hydrogen (secondary N) is 3. The maximum Gasteiger partial charge on any atom is 0.320 e. The lowest BCUT2D eigenvalue weighted by Gasteiger charge is -2.24. The zero-order valence-electron chi connectivity index (χ0n) is 37.9. The van der Waals surface area contributed by atoms with E-state index in [0.717, 1.165) is 86.3 Å². The SMILES string of the molecule is NC(N)=NCCC[C@H](N)C(=O)O.O=C(O)[C@@H](Cc1cccc(CN(CCOc2cccc(C[C@H](C(=O)O)[C@H]3CCNC3)c2)Cc2cccc(C[C@H](C(=O)O)[C@H]3CCNC3)c2)c1)[C@H]1CCNC1. The van der Waals surface area contributed by atoms with Crippen molar-refractivity contribution < 1.29 is 44.3 Å². The second-order valence-electron chi connectivity index (χ2n) is 17.9. The van der Waals surface area contributed by atoms with E-state index in [1.165, 1.54) is 0 Å². The number of hydrogen-bond donors (Lipinski definition) is 10. The van der Waals surface area contributed by atoms with Gasteiger partial charge >= 0.3 is 23.9 Å². The Balaban J connectivity index is 0.000000597. The monoisotopic (exact) mass is 915 g/mol. The van der Waals surface area contributed by atoms with E-state index in [0.29, 0.717) is 70.6 Å². The van der Waals surface area contributed by atoms with Crippen LogP contribution < -0.4 is 37.9 Å². The van der Waals surface area contributed by atoms with Crippen LogP contribution in [0.15, 0.2) is 77.8 Å². The fraction of sp³-hybridized carbons (Fsp3) is 0.531. The molecule has 17 heteroatoms. The van der Waals surface area contributed by atoms with Gasteiger partial charge in [-0.2, -0.15) is 0 Å². The molecule has 3 saturated heterocycles. The minimum Gasteiger partial charge on any atom is -0.492 e. The molecule has 13 N–H and O–H groups in total. The van der Waals surface area contributed by atoms with Gasteiger partial charge in [-0.1, -0.05) is 60.7 Å². The Morgan fingerprint density at radius 2 is 1.06 bits per heavy atom. The van der Waals surface area contributed by atoms with Gasteiger partial charge in [0.1, 0.15) is 18.4 Å². The van der Waals surface area contributed by atoms with Crippen LogP contribution in [0.4, 0.5) is 0 Å². The van der Waals surface area contributed by atoms with Crippen molar-refractivity contribution in [2.45, 2.75) is 70.5 Å². The van der Waals surface area contributed by atoms with Crippen molar-refractivity contribution in [1.82, 2.24) is 20.9 Å². The molecule has 0 aliphatic carbocycles. The topological polar surface area (TPSA) is 288 Å². The van der Waals surface area contributed by atoms with E-state index in [9.17, 15) is 34.5 Å². The number of carboxylic acid groups (broad SMARTS) is 4. The Morgan fingerprint density at radius 1 is 0.636 bits per heavy atom. The minimum atomic E-state index is -1.00. The molecule has 17 nitrogen and oxygen atoms in total.